The number of nitrogens with zero attached hydrogens (tertiary/aromatic N) is 4. The molecule has 1 N–H and O–H groups in total. The number of amides is 1. The van der Waals surface area contributed by atoms with Gasteiger partial charge in [0.1, 0.15) is 5.54 Å². The molecule has 2 aromatic rings. The number of aryl methyl sites for hydroxylation is 1. The van der Waals surface area contributed by atoms with Crippen molar-refractivity contribution in [2.75, 3.05) is 0 Å². The summed E-state index contributed by atoms with van der Waals surface area (Å²) in [4.78, 5) is 12.3. The third-order valence-electron chi connectivity index (χ3n) is 3.11. The van der Waals surface area contributed by atoms with Gasteiger partial charge in [-0.1, -0.05) is 23.2 Å². The maximum Gasteiger partial charge on any atom is 0.247 e. The predicted molar refractivity (Wildman–Crippen MR) is 76.6 cm³/mol. The molecule has 2 heterocycles. The molecule has 0 saturated heterocycles. The van der Waals surface area contributed by atoms with Crippen LogP contribution in [0, 0.1) is 0 Å². The van der Waals surface area contributed by atoms with Crippen LogP contribution in [0.2, 0.25) is 10.0 Å². The zero-order valence-corrected chi connectivity index (χ0v) is 12.9. The Morgan fingerprint density at radius 3 is 2.55 bits per heavy atom. The molecule has 20 heavy (non-hydrogen) atoms. The fraction of sp³-hybridized carbons (Fsp3) is 0.417. The summed E-state index contributed by atoms with van der Waals surface area (Å²) >= 11 is 11.8. The first-order chi connectivity index (χ1) is 9.32. The van der Waals surface area contributed by atoms with Crippen LogP contribution in [0.15, 0.2) is 18.6 Å². The Balaban J connectivity index is 2.08. The molecule has 1 amide bonds. The van der Waals surface area contributed by atoms with Crippen molar-refractivity contribution in [2.24, 2.45) is 7.05 Å². The highest BCUT2D eigenvalue weighted by Gasteiger charge is 2.30. The molecule has 108 valence electrons. The van der Waals surface area contributed by atoms with Crippen LogP contribution in [-0.4, -0.2) is 25.5 Å². The molecule has 0 aliphatic rings. The number of nitrogens with one attached hydrogen (secondary N) is 1. The van der Waals surface area contributed by atoms with Crippen molar-refractivity contribution in [3.63, 3.8) is 0 Å². The first kappa shape index (κ1) is 14.9. The molecule has 8 heteroatoms. The molecule has 0 aliphatic carbocycles. The standard InChI is InChI=1S/C12H15Cl2N5O/c1-12(2,19-7-8(13)4-17-19)11(20)15-6-10-9(14)5-16-18(10)3/h4-5,7H,6H2,1-3H3,(H,15,20). The normalized spacial score (nSPS) is 11.7. The van der Waals surface area contributed by atoms with E-state index in [9.17, 15) is 4.79 Å². The van der Waals surface area contributed by atoms with Crippen molar-refractivity contribution in [1.82, 2.24) is 24.9 Å². The number of hydrogen-bond donors (Lipinski definition) is 1. The third kappa shape index (κ3) is 2.81. The average Bonchev–Trinajstić information content (AvgIpc) is 2.95. The van der Waals surface area contributed by atoms with Gasteiger partial charge in [-0.05, 0) is 13.8 Å². The van der Waals surface area contributed by atoms with E-state index in [1.807, 2.05) is 0 Å². The summed E-state index contributed by atoms with van der Waals surface area (Å²) in [5.41, 5.74) is -0.104. The van der Waals surface area contributed by atoms with E-state index in [0.717, 1.165) is 5.69 Å². The maximum absolute atomic E-state index is 12.3. The second kappa shape index (κ2) is 5.46. The van der Waals surface area contributed by atoms with E-state index in [1.165, 1.54) is 10.9 Å². The molecule has 6 nitrogen and oxygen atoms in total. The topological polar surface area (TPSA) is 64.7 Å². The van der Waals surface area contributed by atoms with Gasteiger partial charge in [0.2, 0.25) is 5.91 Å². The molecule has 0 spiro atoms. The zero-order chi connectivity index (χ0) is 14.9. The van der Waals surface area contributed by atoms with Gasteiger partial charge in [0.25, 0.3) is 0 Å². The smallest absolute Gasteiger partial charge is 0.247 e. The lowest BCUT2D eigenvalue weighted by Gasteiger charge is -2.24. The Bertz CT molecular complexity index is 612. The van der Waals surface area contributed by atoms with Crippen molar-refractivity contribution >= 4 is 29.1 Å². The molecule has 0 aromatic carbocycles. The number of rotatable bonds is 4. The van der Waals surface area contributed by atoms with Crippen LogP contribution in [0.4, 0.5) is 0 Å². The van der Waals surface area contributed by atoms with E-state index in [0.29, 0.717) is 16.6 Å². The van der Waals surface area contributed by atoms with Crippen LogP contribution in [0.3, 0.4) is 0 Å². The van der Waals surface area contributed by atoms with Crippen LogP contribution in [0.25, 0.3) is 0 Å². The van der Waals surface area contributed by atoms with Gasteiger partial charge >= 0.3 is 0 Å². The highest BCUT2D eigenvalue weighted by atomic mass is 35.5. The predicted octanol–water partition coefficient (Wildman–Crippen LogP) is 1.97. The van der Waals surface area contributed by atoms with Crippen molar-refractivity contribution in [1.29, 1.82) is 0 Å². The Morgan fingerprint density at radius 2 is 2.05 bits per heavy atom. The molecule has 2 aromatic heterocycles. The number of halogens is 2. The van der Waals surface area contributed by atoms with Gasteiger partial charge in [-0.3, -0.25) is 14.2 Å². The third-order valence-corrected chi connectivity index (χ3v) is 3.62. The Morgan fingerprint density at radius 1 is 1.35 bits per heavy atom. The zero-order valence-electron chi connectivity index (χ0n) is 11.4. The summed E-state index contributed by atoms with van der Waals surface area (Å²) in [6.45, 7) is 3.82. The lowest BCUT2D eigenvalue weighted by molar-refractivity contribution is -0.129. The van der Waals surface area contributed by atoms with Crippen molar-refractivity contribution in [2.45, 2.75) is 25.9 Å². The van der Waals surface area contributed by atoms with E-state index in [-0.39, 0.29) is 5.91 Å². The average molecular weight is 316 g/mol. The molecule has 2 rings (SSSR count). The summed E-state index contributed by atoms with van der Waals surface area (Å²) in [7, 11) is 1.77. The highest BCUT2D eigenvalue weighted by molar-refractivity contribution is 6.31. The molecule has 0 radical (unpaired) electrons. The minimum absolute atomic E-state index is 0.186. The minimum Gasteiger partial charge on any atom is -0.348 e. The summed E-state index contributed by atoms with van der Waals surface area (Å²) in [6.07, 6.45) is 4.65. The molecule has 0 aliphatic heterocycles. The lowest BCUT2D eigenvalue weighted by Crippen LogP contribution is -2.44. The minimum atomic E-state index is -0.849. The SMILES string of the molecule is Cn1ncc(Cl)c1CNC(=O)C(C)(C)n1cc(Cl)cn1. The van der Waals surface area contributed by atoms with Crippen molar-refractivity contribution in [3.05, 3.63) is 34.3 Å². The van der Waals surface area contributed by atoms with E-state index in [4.69, 9.17) is 23.2 Å². The van der Waals surface area contributed by atoms with E-state index in [2.05, 4.69) is 15.5 Å². The Labute approximate surface area is 126 Å². The fourth-order valence-corrected chi connectivity index (χ4v) is 2.09. The van der Waals surface area contributed by atoms with Gasteiger partial charge in [0.15, 0.2) is 0 Å². The van der Waals surface area contributed by atoms with Gasteiger partial charge in [0.05, 0.1) is 34.7 Å². The summed E-state index contributed by atoms with van der Waals surface area (Å²) < 4.78 is 3.15. The van der Waals surface area contributed by atoms with Gasteiger partial charge in [-0.15, -0.1) is 0 Å². The largest absolute Gasteiger partial charge is 0.348 e. The number of hydrogen-bond acceptors (Lipinski definition) is 3. The molecule has 0 bridgehead atoms. The second-order valence-electron chi connectivity index (χ2n) is 4.91. The molecular formula is C12H15Cl2N5O. The molecule has 0 atom stereocenters. The maximum atomic E-state index is 12.3. The summed E-state index contributed by atoms with van der Waals surface area (Å²) in [6, 6.07) is 0. The summed E-state index contributed by atoms with van der Waals surface area (Å²) in [5, 5.41) is 11.9. The molecule has 0 saturated carbocycles. The van der Waals surface area contributed by atoms with Crippen LogP contribution in [0.5, 0.6) is 0 Å². The van der Waals surface area contributed by atoms with Crippen molar-refractivity contribution in [3.8, 4) is 0 Å². The quantitative estimate of drug-likeness (QED) is 0.938. The molecular weight excluding hydrogens is 301 g/mol. The van der Waals surface area contributed by atoms with Crippen LogP contribution >= 0.6 is 23.2 Å². The van der Waals surface area contributed by atoms with Gasteiger partial charge in [-0.2, -0.15) is 10.2 Å². The van der Waals surface area contributed by atoms with Crippen LogP contribution in [-0.2, 0) is 23.9 Å². The van der Waals surface area contributed by atoms with Gasteiger partial charge in [0, 0.05) is 13.2 Å². The first-order valence-corrected chi connectivity index (χ1v) is 6.73. The lowest BCUT2D eigenvalue weighted by atomic mass is 10.1. The van der Waals surface area contributed by atoms with E-state index >= 15 is 0 Å². The Hall–Kier alpha value is -1.53. The van der Waals surface area contributed by atoms with Crippen LogP contribution < -0.4 is 5.32 Å². The highest BCUT2D eigenvalue weighted by Crippen LogP contribution is 2.18. The first-order valence-electron chi connectivity index (χ1n) is 5.97. The fourth-order valence-electron chi connectivity index (χ4n) is 1.73. The molecule has 0 unspecified atom stereocenters. The van der Waals surface area contributed by atoms with Gasteiger partial charge in [-0.25, -0.2) is 0 Å². The van der Waals surface area contributed by atoms with E-state index < -0.39 is 5.54 Å². The Kier molecular flexibility index (Phi) is 4.06. The molecule has 0 fully saturated rings. The number of carbonyl (C=O) groups excluding carboxylic acids is 1. The van der Waals surface area contributed by atoms with Gasteiger partial charge < -0.3 is 5.32 Å². The number of carbonyl (C=O) groups is 1. The number of aromatic nitrogens is 4. The van der Waals surface area contributed by atoms with Crippen molar-refractivity contribution < 1.29 is 4.79 Å². The van der Waals surface area contributed by atoms with Crippen LogP contribution in [0.1, 0.15) is 19.5 Å². The summed E-state index contributed by atoms with van der Waals surface area (Å²) in [5.74, 6) is -0.186. The van der Waals surface area contributed by atoms with E-state index in [1.54, 1.807) is 38.0 Å². The second-order valence-corrected chi connectivity index (χ2v) is 5.75. The monoisotopic (exact) mass is 315 g/mol.